The van der Waals surface area contributed by atoms with Gasteiger partial charge in [0.1, 0.15) is 11.7 Å². The van der Waals surface area contributed by atoms with Crippen LogP contribution in [-0.2, 0) is 4.79 Å². The fraction of sp³-hybridized carbons (Fsp3) is 0.500. The number of hydrogen-bond acceptors (Lipinski definition) is 3. The standard InChI is InChI=1S/C20H28O4/c1-6-14(2)8-7-13-20(3,4)17(19(22)23)18(21)15-9-11-16(24-5)12-10-15/h6,9-12,14,17H,1,7-8,13H2,2-5H3,(H,22,23). The fourth-order valence-corrected chi connectivity index (χ4v) is 2.87. The molecule has 0 aliphatic heterocycles. The van der Waals surface area contributed by atoms with Crippen LogP contribution < -0.4 is 4.74 Å². The number of carboxylic acids is 1. The Hall–Kier alpha value is -2.10. The maximum Gasteiger partial charge on any atom is 0.314 e. The maximum atomic E-state index is 12.7. The van der Waals surface area contributed by atoms with E-state index in [2.05, 4.69) is 13.5 Å². The zero-order valence-electron chi connectivity index (χ0n) is 15.0. The van der Waals surface area contributed by atoms with Crippen molar-refractivity contribution in [1.29, 1.82) is 0 Å². The summed E-state index contributed by atoms with van der Waals surface area (Å²) in [6, 6.07) is 6.58. The van der Waals surface area contributed by atoms with E-state index in [4.69, 9.17) is 4.74 Å². The second-order valence-electron chi connectivity index (χ2n) is 6.96. The molecule has 24 heavy (non-hydrogen) atoms. The van der Waals surface area contributed by atoms with Gasteiger partial charge in [0.2, 0.25) is 0 Å². The minimum atomic E-state index is -1.07. The SMILES string of the molecule is C=CC(C)CCCC(C)(C)C(C(=O)O)C(=O)c1ccc(OC)cc1. The Morgan fingerprint density at radius 3 is 2.33 bits per heavy atom. The molecule has 2 unspecified atom stereocenters. The molecule has 1 rings (SSSR count). The third-order valence-corrected chi connectivity index (χ3v) is 4.55. The number of carboxylic acid groups (broad SMARTS) is 1. The van der Waals surface area contributed by atoms with Crippen LogP contribution in [0.1, 0.15) is 50.4 Å². The maximum absolute atomic E-state index is 12.7. The molecule has 0 bridgehead atoms. The van der Waals surface area contributed by atoms with Crippen LogP contribution in [0.3, 0.4) is 0 Å². The zero-order valence-corrected chi connectivity index (χ0v) is 15.0. The molecule has 0 saturated carbocycles. The minimum absolute atomic E-state index is 0.355. The van der Waals surface area contributed by atoms with Crippen LogP contribution in [0, 0.1) is 17.3 Å². The second kappa shape index (κ2) is 8.67. The molecule has 1 aromatic carbocycles. The van der Waals surface area contributed by atoms with Gasteiger partial charge in [0.15, 0.2) is 5.78 Å². The molecule has 0 fully saturated rings. The molecule has 0 saturated heterocycles. The summed E-state index contributed by atoms with van der Waals surface area (Å²) in [6.07, 6.45) is 4.37. The van der Waals surface area contributed by atoms with Crippen molar-refractivity contribution in [3.8, 4) is 5.75 Å². The highest BCUT2D eigenvalue weighted by molar-refractivity contribution is 6.08. The van der Waals surface area contributed by atoms with Crippen LogP contribution >= 0.6 is 0 Å². The first-order valence-corrected chi connectivity index (χ1v) is 8.26. The molecule has 4 nitrogen and oxygen atoms in total. The van der Waals surface area contributed by atoms with Crippen molar-refractivity contribution in [2.75, 3.05) is 7.11 Å². The fourth-order valence-electron chi connectivity index (χ4n) is 2.87. The van der Waals surface area contributed by atoms with Crippen LogP contribution in [0.15, 0.2) is 36.9 Å². The number of Topliss-reactive ketones (excluding diaryl/α,β-unsaturated/α-hetero) is 1. The third kappa shape index (κ3) is 5.22. The Bertz CT molecular complexity index is 572. The van der Waals surface area contributed by atoms with Crippen LogP contribution in [0.4, 0.5) is 0 Å². The van der Waals surface area contributed by atoms with Gasteiger partial charge in [-0.3, -0.25) is 9.59 Å². The summed E-state index contributed by atoms with van der Waals surface area (Å²) >= 11 is 0. The normalized spacial score (nSPS) is 13.8. The number of ether oxygens (including phenoxy) is 1. The van der Waals surface area contributed by atoms with Gasteiger partial charge in [0, 0.05) is 5.56 Å². The number of aliphatic carboxylic acids is 1. The van der Waals surface area contributed by atoms with E-state index in [0.29, 0.717) is 23.7 Å². The summed E-state index contributed by atoms with van der Waals surface area (Å²) in [4.78, 5) is 24.5. The average Bonchev–Trinajstić information content (AvgIpc) is 2.53. The molecule has 1 N–H and O–H groups in total. The summed E-state index contributed by atoms with van der Waals surface area (Å²) in [7, 11) is 1.55. The van der Waals surface area contributed by atoms with E-state index in [9.17, 15) is 14.7 Å². The van der Waals surface area contributed by atoms with Gasteiger partial charge in [-0.2, -0.15) is 0 Å². The van der Waals surface area contributed by atoms with Gasteiger partial charge in [0.25, 0.3) is 0 Å². The number of carbonyl (C=O) groups is 2. The lowest BCUT2D eigenvalue weighted by Crippen LogP contribution is -2.37. The summed E-state index contributed by atoms with van der Waals surface area (Å²) in [5.74, 6) is -1.47. The van der Waals surface area contributed by atoms with Crippen molar-refractivity contribution < 1.29 is 19.4 Å². The van der Waals surface area contributed by atoms with Gasteiger partial charge < -0.3 is 9.84 Å². The highest BCUT2D eigenvalue weighted by Crippen LogP contribution is 2.36. The summed E-state index contributed by atoms with van der Waals surface area (Å²) in [5, 5.41) is 9.63. The first-order valence-electron chi connectivity index (χ1n) is 8.26. The summed E-state index contributed by atoms with van der Waals surface area (Å²) in [6.45, 7) is 9.55. The first-order chi connectivity index (χ1) is 11.2. The lowest BCUT2D eigenvalue weighted by molar-refractivity contribution is -0.143. The highest BCUT2D eigenvalue weighted by atomic mass is 16.5. The van der Waals surface area contributed by atoms with Gasteiger partial charge in [-0.05, 0) is 48.4 Å². The molecule has 0 spiro atoms. The Labute approximate surface area is 144 Å². The Kier molecular flexibility index (Phi) is 7.20. The molecular formula is C20H28O4. The largest absolute Gasteiger partial charge is 0.497 e. The predicted molar refractivity (Wildman–Crippen MR) is 95.4 cm³/mol. The van der Waals surface area contributed by atoms with Gasteiger partial charge in [-0.25, -0.2) is 0 Å². The van der Waals surface area contributed by atoms with Crippen LogP contribution in [0.2, 0.25) is 0 Å². The molecule has 0 aliphatic carbocycles. The Morgan fingerprint density at radius 2 is 1.88 bits per heavy atom. The smallest absolute Gasteiger partial charge is 0.314 e. The van der Waals surface area contributed by atoms with Crippen LogP contribution in [0.5, 0.6) is 5.75 Å². The molecule has 0 amide bonds. The van der Waals surface area contributed by atoms with Crippen molar-refractivity contribution in [2.45, 2.75) is 40.0 Å². The topological polar surface area (TPSA) is 63.6 Å². The molecule has 0 heterocycles. The molecule has 132 valence electrons. The van der Waals surface area contributed by atoms with Gasteiger partial charge in [-0.15, -0.1) is 6.58 Å². The number of allylic oxidation sites excluding steroid dienone is 1. The van der Waals surface area contributed by atoms with Crippen molar-refractivity contribution in [2.24, 2.45) is 17.3 Å². The van der Waals surface area contributed by atoms with Gasteiger partial charge >= 0.3 is 5.97 Å². The van der Waals surface area contributed by atoms with E-state index in [1.165, 1.54) is 0 Å². The van der Waals surface area contributed by atoms with Crippen molar-refractivity contribution in [3.05, 3.63) is 42.5 Å². The van der Waals surface area contributed by atoms with E-state index in [-0.39, 0.29) is 5.78 Å². The number of hydrogen-bond donors (Lipinski definition) is 1. The molecule has 0 radical (unpaired) electrons. The third-order valence-electron chi connectivity index (χ3n) is 4.55. The second-order valence-corrected chi connectivity index (χ2v) is 6.96. The molecule has 0 aromatic heterocycles. The lowest BCUT2D eigenvalue weighted by Gasteiger charge is -2.31. The number of ketones is 1. The zero-order chi connectivity index (χ0) is 18.3. The van der Waals surface area contributed by atoms with E-state index < -0.39 is 17.3 Å². The van der Waals surface area contributed by atoms with Crippen molar-refractivity contribution >= 4 is 11.8 Å². The summed E-state index contributed by atoms with van der Waals surface area (Å²) < 4.78 is 5.07. The Morgan fingerprint density at radius 1 is 1.29 bits per heavy atom. The van der Waals surface area contributed by atoms with Crippen molar-refractivity contribution in [3.63, 3.8) is 0 Å². The molecule has 2 atom stereocenters. The molecular weight excluding hydrogens is 304 g/mol. The molecule has 0 aliphatic rings. The number of benzene rings is 1. The Balaban J connectivity index is 2.92. The lowest BCUT2D eigenvalue weighted by atomic mass is 9.71. The summed E-state index contributed by atoms with van der Waals surface area (Å²) in [5.41, 5.74) is -0.222. The van der Waals surface area contributed by atoms with Crippen LogP contribution in [-0.4, -0.2) is 24.0 Å². The van der Waals surface area contributed by atoms with E-state index in [1.54, 1.807) is 31.4 Å². The van der Waals surface area contributed by atoms with Gasteiger partial charge in [0.05, 0.1) is 7.11 Å². The van der Waals surface area contributed by atoms with Crippen LogP contribution in [0.25, 0.3) is 0 Å². The first kappa shape index (κ1) is 19.9. The average molecular weight is 332 g/mol. The quantitative estimate of drug-likeness (QED) is 0.386. The van der Waals surface area contributed by atoms with Crippen molar-refractivity contribution in [1.82, 2.24) is 0 Å². The van der Waals surface area contributed by atoms with Gasteiger partial charge in [-0.1, -0.05) is 33.3 Å². The van der Waals surface area contributed by atoms with E-state index >= 15 is 0 Å². The monoisotopic (exact) mass is 332 g/mol. The predicted octanol–water partition coefficient (Wildman–Crippen LogP) is 4.60. The number of carbonyl (C=O) groups excluding carboxylic acids is 1. The molecule has 1 aromatic rings. The van der Waals surface area contributed by atoms with E-state index in [1.807, 2.05) is 19.9 Å². The minimum Gasteiger partial charge on any atom is -0.497 e. The van der Waals surface area contributed by atoms with E-state index in [0.717, 1.165) is 12.8 Å². The number of rotatable bonds is 10. The molecule has 4 heteroatoms. The highest BCUT2D eigenvalue weighted by Gasteiger charge is 2.40. The number of methoxy groups -OCH3 is 1.